The van der Waals surface area contributed by atoms with Crippen molar-refractivity contribution < 1.29 is 23.9 Å². The Kier molecular flexibility index (Phi) is 4.12. The highest BCUT2D eigenvalue weighted by Gasteiger charge is 2.57. The summed E-state index contributed by atoms with van der Waals surface area (Å²) in [5.41, 5.74) is -0.0261. The van der Waals surface area contributed by atoms with E-state index in [0.717, 1.165) is 9.80 Å². The van der Waals surface area contributed by atoms with Crippen LogP contribution in [0.4, 0.5) is 0 Å². The number of carbonyl (C=O) groups excluding carboxylic acids is 4. The first kappa shape index (κ1) is 17.2. The van der Waals surface area contributed by atoms with E-state index in [1.54, 1.807) is 26.0 Å². The number of likely N-dealkylation sites (tertiary alicyclic amines) is 1. The average Bonchev–Trinajstić information content (AvgIpc) is 2.84. The fourth-order valence-corrected chi connectivity index (χ4v) is 3.42. The Labute approximate surface area is 148 Å². The fourth-order valence-electron chi connectivity index (χ4n) is 3.01. The third-order valence-corrected chi connectivity index (χ3v) is 4.63. The molecule has 1 fully saturated rings. The number of fused-ring (bicyclic) bond motifs is 1. The summed E-state index contributed by atoms with van der Waals surface area (Å²) in [5.74, 6) is -2.45. The van der Waals surface area contributed by atoms with Gasteiger partial charge in [-0.1, -0.05) is 23.7 Å². The number of alkyl halides is 1. The van der Waals surface area contributed by atoms with Gasteiger partial charge in [-0.25, -0.2) is 4.79 Å². The smallest absolute Gasteiger partial charge is 0.354 e. The number of halogens is 1. The maximum Gasteiger partial charge on any atom is 0.354 e. The predicted molar refractivity (Wildman–Crippen MR) is 87.6 cm³/mol. The van der Waals surface area contributed by atoms with E-state index in [4.69, 9.17) is 11.6 Å². The number of rotatable bonds is 3. The Morgan fingerprint density at radius 2 is 1.60 bits per heavy atom. The summed E-state index contributed by atoms with van der Waals surface area (Å²) in [5, 5.41) is 0. The van der Waals surface area contributed by atoms with Crippen LogP contribution in [0.5, 0.6) is 0 Å². The first-order valence-electron chi connectivity index (χ1n) is 7.51. The molecule has 1 saturated heterocycles. The van der Waals surface area contributed by atoms with Gasteiger partial charge >= 0.3 is 5.97 Å². The van der Waals surface area contributed by atoms with Crippen LogP contribution in [-0.4, -0.2) is 52.1 Å². The Morgan fingerprint density at radius 3 is 2.00 bits per heavy atom. The van der Waals surface area contributed by atoms with Gasteiger partial charge < -0.3 is 4.74 Å². The average molecular weight is 363 g/mol. The highest BCUT2D eigenvalue weighted by Crippen LogP contribution is 2.37. The van der Waals surface area contributed by atoms with E-state index in [-0.39, 0.29) is 16.8 Å². The molecule has 1 aromatic carbocycles. The minimum atomic E-state index is -1.16. The van der Waals surface area contributed by atoms with Crippen LogP contribution >= 0.6 is 11.6 Å². The van der Waals surface area contributed by atoms with Crippen LogP contribution in [0.3, 0.4) is 0 Å². The molecule has 0 radical (unpaired) electrons. The van der Waals surface area contributed by atoms with Crippen LogP contribution in [0.15, 0.2) is 35.5 Å². The molecule has 7 nitrogen and oxygen atoms in total. The lowest BCUT2D eigenvalue weighted by molar-refractivity contribution is -0.153. The first-order valence-corrected chi connectivity index (χ1v) is 7.94. The molecule has 0 aromatic heterocycles. The van der Waals surface area contributed by atoms with Crippen molar-refractivity contribution in [2.75, 3.05) is 7.11 Å². The summed E-state index contributed by atoms with van der Waals surface area (Å²) in [7, 11) is 1.19. The van der Waals surface area contributed by atoms with E-state index in [9.17, 15) is 19.2 Å². The summed E-state index contributed by atoms with van der Waals surface area (Å²) in [4.78, 5) is 51.5. The molecular formula is C17H15ClN2O5. The van der Waals surface area contributed by atoms with Gasteiger partial charge in [0.1, 0.15) is 11.2 Å². The zero-order valence-corrected chi connectivity index (χ0v) is 14.5. The number of imide groups is 1. The minimum Gasteiger partial charge on any atom is -0.464 e. The molecule has 0 aliphatic carbocycles. The molecule has 0 saturated carbocycles. The van der Waals surface area contributed by atoms with Crippen LogP contribution in [0.25, 0.3) is 0 Å². The number of ether oxygens (including phenoxy) is 1. The predicted octanol–water partition coefficient (Wildman–Crippen LogP) is 1.53. The zero-order valence-electron chi connectivity index (χ0n) is 13.8. The molecule has 2 aliphatic rings. The molecule has 25 heavy (non-hydrogen) atoms. The Bertz CT molecular complexity index is 808. The normalized spacial score (nSPS) is 21.8. The first-order chi connectivity index (χ1) is 11.8. The van der Waals surface area contributed by atoms with E-state index < -0.39 is 35.2 Å². The Hall–Kier alpha value is -2.67. The summed E-state index contributed by atoms with van der Waals surface area (Å²) in [6, 6.07) is 5.16. The number of hydrogen-bond acceptors (Lipinski definition) is 5. The monoisotopic (exact) mass is 362 g/mol. The molecule has 2 heterocycles. The Balaban J connectivity index is 1.92. The van der Waals surface area contributed by atoms with Crippen LogP contribution in [0.1, 0.15) is 34.6 Å². The standard InChI is InChI=1S/C17H15ClN2O5/c1-8(2)11(17(24)25-3)19-13(18)12(16(19)23)20-14(21)9-6-4-5-7-10(9)15(20)22/h4-7,12-13H,1-3H3. The van der Waals surface area contributed by atoms with Crippen molar-refractivity contribution in [2.45, 2.75) is 25.4 Å². The second-order valence-corrected chi connectivity index (χ2v) is 6.34. The number of esters is 1. The van der Waals surface area contributed by atoms with Crippen molar-refractivity contribution >= 4 is 35.3 Å². The number of amides is 3. The van der Waals surface area contributed by atoms with Crippen molar-refractivity contribution in [3.8, 4) is 0 Å². The Morgan fingerprint density at radius 1 is 1.08 bits per heavy atom. The number of methoxy groups -OCH3 is 1. The number of allylic oxidation sites excluding steroid dienone is 1. The molecule has 0 N–H and O–H groups in total. The second kappa shape index (κ2) is 6.00. The number of benzene rings is 1. The van der Waals surface area contributed by atoms with Gasteiger partial charge in [-0.05, 0) is 31.6 Å². The molecule has 130 valence electrons. The molecule has 0 spiro atoms. The van der Waals surface area contributed by atoms with Gasteiger partial charge in [0.25, 0.3) is 17.7 Å². The van der Waals surface area contributed by atoms with E-state index in [0.29, 0.717) is 5.57 Å². The molecular weight excluding hydrogens is 348 g/mol. The highest BCUT2D eigenvalue weighted by molar-refractivity contribution is 6.30. The largest absolute Gasteiger partial charge is 0.464 e. The number of nitrogens with zero attached hydrogens (tertiary/aromatic N) is 2. The van der Waals surface area contributed by atoms with E-state index >= 15 is 0 Å². The number of carbonyl (C=O) groups is 4. The maximum atomic E-state index is 12.6. The van der Waals surface area contributed by atoms with Gasteiger partial charge in [-0.15, -0.1) is 0 Å². The van der Waals surface area contributed by atoms with Gasteiger partial charge in [0.05, 0.1) is 18.2 Å². The molecule has 2 atom stereocenters. The molecule has 2 unspecified atom stereocenters. The third kappa shape index (κ3) is 2.34. The molecule has 2 aliphatic heterocycles. The lowest BCUT2D eigenvalue weighted by Gasteiger charge is -2.46. The fraction of sp³-hybridized carbons (Fsp3) is 0.294. The van der Waals surface area contributed by atoms with E-state index in [1.807, 2.05) is 0 Å². The van der Waals surface area contributed by atoms with E-state index in [1.165, 1.54) is 19.2 Å². The van der Waals surface area contributed by atoms with Gasteiger partial charge in [0.2, 0.25) is 0 Å². The van der Waals surface area contributed by atoms with Crippen molar-refractivity contribution in [1.82, 2.24) is 9.80 Å². The lowest BCUT2D eigenvalue weighted by atomic mass is 10.0. The molecule has 0 bridgehead atoms. The van der Waals surface area contributed by atoms with Crippen LogP contribution in [-0.2, 0) is 14.3 Å². The number of hydrogen-bond donors (Lipinski definition) is 0. The quantitative estimate of drug-likeness (QED) is 0.203. The summed E-state index contributed by atoms with van der Waals surface area (Å²) in [6.45, 7) is 3.27. The van der Waals surface area contributed by atoms with Crippen molar-refractivity contribution in [2.24, 2.45) is 0 Å². The van der Waals surface area contributed by atoms with Crippen molar-refractivity contribution in [3.05, 3.63) is 46.7 Å². The topological polar surface area (TPSA) is 84.0 Å². The highest BCUT2D eigenvalue weighted by atomic mass is 35.5. The van der Waals surface area contributed by atoms with Gasteiger partial charge in [0.15, 0.2) is 6.04 Å². The lowest BCUT2D eigenvalue weighted by Crippen LogP contribution is -2.69. The molecule has 3 rings (SSSR count). The van der Waals surface area contributed by atoms with Gasteiger partial charge in [0, 0.05) is 0 Å². The van der Waals surface area contributed by atoms with Crippen molar-refractivity contribution in [1.29, 1.82) is 0 Å². The minimum absolute atomic E-state index is 0.0142. The summed E-state index contributed by atoms with van der Waals surface area (Å²) < 4.78 is 4.68. The summed E-state index contributed by atoms with van der Waals surface area (Å²) >= 11 is 6.29. The number of β-lactam (4-membered cyclic amide) rings is 1. The van der Waals surface area contributed by atoms with Crippen LogP contribution in [0.2, 0.25) is 0 Å². The third-order valence-electron chi connectivity index (χ3n) is 4.19. The van der Waals surface area contributed by atoms with Crippen LogP contribution in [0, 0.1) is 0 Å². The zero-order chi connectivity index (χ0) is 18.5. The van der Waals surface area contributed by atoms with E-state index in [2.05, 4.69) is 4.74 Å². The van der Waals surface area contributed by atoms with Gasteiger partial charge in [-0.3, -0.25) is 24.2 Å². The molecule has 3 amide bonds. The summed E-state index contributed by atoms with van der Waals surface area (Å²) in [6.07, 6.45) is 0. The SMILES string of the molecule is COC(=O)C(=C(C)C)N1C(=O)C(N2C(=O)c3ccccc3C2=O)C1Cl. The molecule has 8 heteroatoms. The van der Waals surface area contributed by atoms with Crippen LogP contribution < -0.4 is 0 Å². The molecule has 1 aromatic rings. The second-order valence-electron chi connectivity index (χ2n) is 5.89. The van der Waals surface area contributed by atoms with Gasteiger partial charge in [-0.2, -0.15) is 0 Å². The maximum absolute atomic E-state index is 12.6. The van der Waals surface area contributed by atoms with Crippen molar-refractivity contribution in [3.63, 3.8) is 0 Å².